The van der Waals surface area contributed by atoms with Gasteiger partial charge in [0.25, 0.3) is 10.2 Å². The van der Waals surface area contributed by atoms with Crippen LogP contribution in [0.3, 0.4) is 0 Å². The molecular formula is C21H17Br2FNO2S+. The second-order valence-electron chi connectivity index (χ2n) is 6.65. The van der Waals surface area contributed by atoms with Crippen molar-refractivity contribution in [3.05, 3.63) is 75.7 Å². The lowest BCUT2D eigenvalue weighted by Gasteiger charge is -2.12. The molecule has 0 fully saturated rings. The SMILES string of the molecule is O=[S+](O)(CC(F)Cn1c2ccc(Br)cc2c2cc(Br)ccc21)c1ccccc1. The van der Waals surface area contributed by atoms with Crippen LogP contribution in [0.1, 0.15) is 0 Å². The van der Waals surface area contributed by atoms with Crippen LogP contribution in [0, 0.1) is 0 Å². The molecule has 4 aromatic rings. The first-order valence-corrected chi connectivity index (χ1v) is 11.9. The number of aromatic nitrogens is 1. The number of hydrogen-bond donors (Lipinski definition) is 1. The third-order valence-electron chi connectivity index (χ3n) is 4.69. The van der Waals surface area contributed by atoms with Gasteiger partial charge in [-0.3, -0.25) is 0 Å². The predicted octanol–water partition coefficient (Wildman–Crippen LogP) is 6.69. The van der Waals surface area contributed by atoms with Crippen molar-refractivity contribution < 1.29 is 13.2 Å². The van der Waals surface area contributed by atoms with Crippen LogP contribution in [0.2, 0.25) is 0 Å². The Morgan fingerprint density at radius 2 is 1.46 bits per heavy atom. The van der Waals surface area contributed by atoms with E-state index in [0.717, 1.165) is 30.8 Å². The molecule has 1 heterocycles. The zero-order valence-corrected chi connectivity index (χ0v) is 18.7. The standard InChI is InChI=1S/C21H16Br2FNO2S/c22-14-6-8-20-18(10-14)19-11-15(23)7-9-21(19)25(20)12-16(24)13-28(26,27)17-4-2-1-3-5-17/h1-11,16H,12-13H2/p+1. The summed E-state index contributed by atoms with van der Waals surface area (Å²) in [6.07, 6.45) is -1.47. The van der Waals surface area contributed by atoms with Crippen LogP contribution in [0.15, 0.2) is 80.6 Å². The monoisotopic (exact) mass is 524 g/mol. The molecule has 0 radical (unpaired) electrons. The minimum atomic E-state index is -3.44. The van der Waals surface area contributed by atoms with E-state index in [4.69, 9.17) is 0 Å². The highest BCUT2D eigenvalue weighted by atomic mass is 79.9. The minimum absolute atomic E-state index is 0.00759. The number of fused-ring (bicyclic) bond motifs is 3. The smallest absolute Gasteiger partial charge is 0.250 e. The van der Waals surface area contributed by atoms with Gasteiger partial charge in [0.1, 0.15) is 0 Å². The Morgan fingerprint density at radius 3 is 2.00 bits per heavy atom. The van der Waals surface area contributed by atoms with Crippen LogP contribution in [0.4, 0.5) is 4.39 Å². The Labute approximate surface area is 180 Å². The van der Waals surface area contributed by atoms with Crippen molar-refractivity contribution in [2.45, 2.75) is 17.6 Å². The van der Waals surface area contributed by atoms with Gasteiger partial charge in [-0.2, -0.15) is 4.55 Å². The molecule has 3 aromatic carbocycles. The van der Waals surface area contributed by atoms with Crippen LogP contribution >= 0.6 is 31.9 Å². The first kappa shape index (κ1) is 19.8. The average Bonchev–Trinajstić information content (AvgIpc) is 2.94. The van der Waals surface area contributed by atoms with Crippen molar-refractivity contribution in [2.24, 2.45) is 0 Å². The summed E-state index contributed by atoms with van der Waals surface area (Å²) in [4.78, 5) is 0.257. The van der Waals surface area contributed by atoms with E-state index < -0.39 is 22.1 Å². The predicted molar refractivity (Wildman–Crippen MR) is 120 cm³/mol. The number of benzene rings is 3. The normalized spacial score (nSPS) is 15.0. The summed E-state index contributed by atoms with van der Waals surface area (Å²) >= 11 is 6.99. The molecule has 4 rings (SSSR count). The Kier molecular flexibility index (Phi) is 5.44. The van der Waals surface area contributed by atoms with Crippen molar-refractivity contribution in [3.8, 4) is 0 Å². The Hall–Kier alpha value is -1.54. The number of nitrogens with zero attached hydrogens (tertiary/aromatic N) is 1. The van der Waals surface area contributed by atoms with E-state index in [1.807, 2.05) is 41.0 Å². The van der Waals surface area contributed by atoms with Gasteiger partial charge in [-0.05, 0) is 48.5 Å². The van der Waals surface area contributed by atoms with Gasteiger partial charge >= 0.3 is 0 Å². The van der Waals surface area contributed by atoms with Crippen molar-refractivity contribution in [3.63, 3.8) is 0 Å². The van der Waals surface area contributed by atoms with Gasteiger partial charge < -0.3 is 4.57 Å². The van der Waals surface area contributed by atoms with Gasteiger partial charge in [0.15, 0.2) is 16.8 Å². The van der Waals surface area contributed by atoms with Crippen LogP contribution < -0.4 is 0 Å². The first-order chi connectivity index (χ1) is 13.3. The largest absolute Gasteiger partial charge is 0.337 e. The lowest BCUT2D eigenvalue weighted by Crippen LogP contribution is -2.26. The van der Waals surface area contributed by atoms with Crippen molar-refractivity contribution in [1.29, 1.82) is 0 Å². The molecule has 7 heteroatoms. The Morgan fingerprint density at radius 1 is 0.929 bits per heavy atom. The lowest BCUT2D eigenvalue weighted by atomic mass is 10.2. The van der Waals surface area contributed by atoms with E-state index in [1.54, 1.807) is 30.3 Å². The molecule has 0 saturated heterocycles. The van der Waals surface area contributed by atoms with Gasteiger partial charge in [-0.1, -0.05) is 54.3 Å². The summed E-state index contributed by atoms with van der Waals surface area (Å²) in [7, 11) is -3.44. The topological polar surface area (TPSA) is 42.2 Å². The molecule has 1 N–H and O–H groups in total. The van der Waals surface area contributed by atoms with Crippen molar-refractivity contribution in [1.82, 2.24) is 4.57 Å². The molecule has 3 nitrogen and oxygen atoms in total. The second kappa shape index (κ2) is 7.71. The maximum absolute atomic E-state index is 15.0. The van der Waals surface area contributed by atoms with Crippen LogP contribution in [0.25, 0.3) is 21.8 Å². The van der Waals surface area contributed by atoms with E-state index >= 15 is 0 Å². The molecule has 144 valence electrons. The molecular weight excluding hydrogens is 509 g/mol. The number of rotatable bonds is 5. The van der Waals surface area contributed by atoms with E-state index in [1.165, 1.54) is 0 Å². The number of halogens is 3. The quantitative estimate of drug-likeness (QED) is 0.295. The van der Waals surface area contributed by atoms with Gasteiger partial charge in [0.05, 0.1) is 6.54 Å². The number of alkyl halides is 1. The van der Waals surface area contributed by atoms with Gasteiger partial charge in [0.2, 0.25) is 0 Å². The zero-order chi connectivity index (χ0) is 19.9. The zero-order valence-electron chi connectivity index (χ0n) is 14.7. The van der Waals surface area contributed by atoms with Crippen LogP contribution in [-0.2, 0) is 21.0 Å². The van der Waals surface area contributed by atoms with Crippen molar-refractivity contribution >= 4 is 63.9 Å². The minimum Gasteiger partial charge on any atom is -0.337 e. The highest BCUT2D eigenvalue weighted by Crippen LogP contribution is 2.33. The maximum Gasteiger partial charge on any atom is 0.250 e. The summed E-state index contributed by atoms with van der Waals surface area (Å²) in [6, 6.07) is 20.0. The summed E-state index contributed by atoms with van der Waals surface area (Å²) < 4.78 is 41.7. The summed E-state index contributed by atoms with van der Waals surface area (Å²) in [6.45, 7) is 0.00759. The van der Waals surface area contributed by atoms with E-state index in [2.05, 4.69) is 31.9 Å². The summed E-state index contributed by atoms with van der Waals surface area (Å²) in [5, 5.41) is 2.01. The van der Waals surface area contributed by atoms with Crippen LogP contribution in [0.5, 0.6) is 0 Å². The lowest BCUT2D eigenvalue weighted by molar-refractivity contribution is 0.323. The average molecular weight is 526 g/mol. The van der Waals surface area contributed by atoms with Gasteiger partial charge in [-0.15, -0.1) is 0 Å². The molecule has 0 spiro atoms. The molecule has 0 aliphatic heterocycles. The molecule has 28 heavy (non-hydrogen) atoms. The number of hydrogen-bond acceptors (Lipinski definition) is 1. The fourth-order valence-electron chi connectivity index (χ4n) is 3.47. The second-order valence-corrected chi connectivity index (χ2v) is 10.6. The molecule has 0 saturated carbocycles. The van der Waals surface area contributed by atoms with E-state index in [0.29, 0.717) is 0 Å². The van der Waals surface area contributed by atoms with Gasteiger partial charge in [0, 0.05) is 30.8 Å². The third-order valence-corrected chi connectivity index (χ3v) is 7.50. The highest BCUT2D eigenvalue weighted by molar-refractivity contribution is 9.10. The fraction of sp³-hybridized carbons (Fsp3) is 0.143. The highest BCUT2D eigenvalue weighted by Gasteiger charge is 2.33. The molecule has 1 aromatic heterocycles. The molecule has 2 unspecified atom stereocenters. The Bertz CT molecular complexity index is 1150. The van der Waals surface area contributed by atoms with E-state index in [9.17, 15) is 13.2 Å². The van der Waals surface area contributed by atoms with Crippen molar-refractivity contribution in [2.75, 3.05) is 5.75 Å². The Balaban J connectivity index is 1.72. The molecule has 0 amide bonds. The third kappa shape index (κ3) is 3.81. The summed E-state index contributed by atoms with van der Waals surface area (Å²) in [5.74, 6) is -0.439. The molecule has 0 aliphatic rings. The molecule has 0 aliphatic carbocycles. The first-order valence-electron chi connectivity index (χ1n) is 8.65. The van der Waals surface area contributed by atoms with Crippen LogP contribution in [-0.4, -0.2) is 21.0 Å². The maximum atomic E-state index is 15.0. The van der Waals surface area contributed by atoms with Gasteiger partial charge in [-0.25, -0.2) is 4.39 Å². The fourth-order valence-corrected chi connectivity index (χ4v) is 5.56. The van der Waals surface area contributed by atoms with E-state index in [-0.39, 0.29) is 11.4 Å². The summed E-state index contributed by atoms with van der Waals surface area (Å²) in [5.41, 5.74) is 1.78. The molecule has 0 bridgehead atoms. The molecule has 2 atom stereocenters.